The average Bonchev–Trinajstić information content (AvgIpc) is 3.29. The lowest BCUT2D eigenvalue weighted by molar-refractivity contribution is -0.145. The first-order chi connectivity index (χ1) is 13.0. The first-order valence-corrected chi connectivity index (χ1v) is 9.18. The van der Waals surface area contributed by atoms with Crippen LogP contribution >= 0.6 is 11.3 Å². The molecule has 138 valence electrons. The number of nitrogens with zero attached hydrogens (tertiary/aromatic N) is 6. The van der Waals surface area contributed by atoms with Crippen LogP contribution in [0.4, 0.5) is 0 Å². The summed E-state index contributed by atoms with van der Waals surface area (Å²) in [6.07, 6.45) is 3.80. The number of aromatic nitrogens is 6. The number of thiazole rings is 1. The minimum absolute atomic E-state index is 0.0270. The van der Waals surface area contributed by atoms with Crippen molar-refractivity contribution >= 4 is 28.0 Å². The van der Waals surface area contributed by atoms with Gasteiger partial charge in [0, 0.05) is 35.5 Å². The van der Waals surface area contributed by atoms with Crippen LogP contribution in [0.5, 0.6) is 0 Å². The highest BCUT2D eigenvalue weighted by molar-refractivity contribution is 7.15. The Hall–Kier alpha value is -3.14. The van der Waals surface area contributed by atoms with Gasteiger partial charge in [0.2, 0.25) is 0 Å². The Morgan fingerprint density at radius 2 is 2.15 bits per heavy atom. The number of rotatable bonds is 5. The number of esters is 1. The molecule has 0 bridgehead atoms. The van der Waals surface area contributed by atoms with Crippen LogP contribution in [-0.4, -0.2) is 34.9 Å². The molecule has 0 aromatic carbocycles. The highest BCUT2D eigenvalue weighted by Crippen LogP contribution is 2.15. The number of carbonyl (C=O) groups is 1. The van der Waals surface area contributed by atoms with E-state index in [1.807, 2.05) is 13.8 Å². The number of carbonyl (C=O) groups excluding carboxylic acids is 1. The smallest absolute Gasteiger partial charge is 0.306 e. The molecule has 0 aliphatic heterocycles. The summed E-state index contributed by atoms with van der Waals surface area (Å²) in [5.74, 6) is 0.179. The van der Waals surface area contributed by atoms with E-state index in [0.717, 1.165) is 17.0 Å². The first-order valence-electron chi connectivity index (χ1n) is 8.30. The van der Waals surface area contributed by atoms with E-state index < -0.39 is 0 Å². The molecule has 0 saturated carbocycles. The third kappa shape index (κ3) is 3.31. The van der Waals surface area contributed by atoms with Crippen molar-refractivity contribution in [2.45, 2.75) is 33.3 Å². The van der Waals surface area contributed by atoms with Gasteiger partial charge in [0.05, 0.1) is 5.69 Å². The molecule has 0 spiro atoms. The molecule has 0 N–H and O–H groups in total. The van der Waals surface area contributed by atoms with Crippen LogP contribution < -0.4 is 5.56 Å². The summed E-state index contributed by atoms with van der Waals surface area (Å²) in [4.78, 5) is 37.5. The van der Waals surface area contributed by atoms with E-state index in [-0.39, 0.29) is 24.6 Å². The summed E-state index contributed by atoms with van der Waals surface area (Å²) in [5.41, 5.74) is 2.92. The molecule has 0 fully saturated rings. The van der Waals surface area contributed by atoms with Crippen molar-refractivity contribution in [3.05, 3.63) is 57.0 Å². The van der Waals surface area contributed by atoms with Crippen LogP contribution in [0.25, 0.3) is 10.7 Å². The van der Waals surface area contributed by atoms with Gasteiger partial charge in [-0.05, 0) is 25.8 Å². The largest absolute Gasteiger partial charge is 0.459 e. The molecule has 4 aromatic heterocycles. The lowest BCUT2D eigenvalue weighted by Crippen LogP contribution is -2.15. The fraction of sp³-hybridized carbons (Fsp3) is 0.294. The van der Waals surface area contributed by atoms with E-state index >= 15 is 0 Å². The van der Waals surface area contributed by atoms with E-state index in [1.165, 1.54) is 28.1 Å². The Labute approximate surface area is 157 Å². The monoisotopic (exact) mass is 384 g/mol. The molecule has 0 atom stereocenters. The third-order valence-electron chi connectivity index (χ3n) is 4.31. The van der Waals surface area contributed by atoms with Gasteiger partial charge >= 0.3 is 5.97 Å². The zero-order valence-electron chi connectivity index (χ0n) is 14.7. The van der Waals surface area contributed by atoms with Crippen molar-refractivity contribution in [1.29, 1.82) is 0 Å². The Morgan fingerprint density at radius 3 is 3.00 bits per heavy atom. The molecule has 27 heavy (non-hydrogen) atoms. The number of ether oxygens (including phenoxy) is 1. The fourth-order valence-corrected chi connectivity index (χ4v) is 3.67. The summed E-state index contributed by atoms with van der Waals surface area (Å²) in [6, 6.07) is 1.38. The molecular formula is C17H16N6O3S. The first kappa shape index (κ1) is 17.3. The van der Waals surface area contributed by atoms with Crippen LogP contribution in [0.15, 0.2) is 28.8 Å². The van der Waals surface area contributed by atoms with Gasteiger partial charge in [-0.3, -0.25) is 14.0 Å². The molecule has 0 aliphatic carbocycles. The van der Waals surface area contributed by atoms with Gasteiger partial charge in [-0.2, -0.15) is 10.1 Å². The van der Waals surface area contributed by atoms with Crippen molar-refractivity contribution in [2.75, 3.05) is 0 Å². The topological polar surface area (TPSA) is 104 Å². The van der Waals surface area contributed by atoms with Gasteiger partial charge in [0.25, 0.3) is 11.3 Å². The highest BCUT2D eigenvalue weighted by atomic mass is 32.1. The zero-order chi connectivity index (χ0) is 19.0. The number of aryl methyl sites for hydroxylation is 2. The highest BCUT2D eigenvalue weighted by Gasteiger charge is 2.13. The summed E-state index contributed by atoms with van der Waals surface area (Å²) in [5, 5.41) is 5.92. The molecule has 10 heteroatoms. The van der Waals surface area contributed by atoms with Gasteiger partial charge in [-0.15, -0.1) is 11.3 Å². The van der Waals surface area contributed by atoms with Gasteiger partial charge in [-0.25, -0.2) is 14.5 Å². The summed E-state index contributed by atoms with van der Waals surface area (Å²) in [7, 11) is 0. The second-order valence-corrected chi connectivity index (χ2v) is 6.91. The van der Waals surface area contributed by atoms with Crippen LogP contribution in [0.2, 0.25) is 0 Å². The van der Waals surface area contributed by atoms with Gasteiger partial charge in [0.15, 0.2) is 4.96 Å². The molecular weight excluding hydrogens is 368 g/mol. The van der Waals surface area contributed by atoms with Gasteiger partial charge in [-0.1, -0.05) is 0 Å². The predicted octanol–water partition coefficient (Wildman–Crippen LogP) is 1.49. The zero-order valence-corrected chi connectivity index (χ0v) is 15.6. The van der Waals surface area contributed by atoms with E-state index in [1.54, 1.807) is 16.1 Å². The van der Waals surface area contributed by atoms with Crippen LogP contribution in [-0.2, 0) is 22.6 Å². The molecule has 0 amide bonds. The molecule has 0 aliphatic rings. The Balaban J connectivity index is 1.42. The summed E-state index contributed by atoms with van der Waals surface area (Å²) in [6.45, 7) is 3.78. The fourth-order valence-electron chi connectivity index (χ4n) is 2.93. The maximum atomic E-state index is 12.1. The van der Waals surface area contributed by atoms with E-state index in [0.29, 0.717) is 22.9 Å². The van der Waals surface area contributed by atoms with Crippen molar-refractivity contribution in [3.8, 4) is 0 Å². The van der Waals surface area contributed by atoms with E-state index in [2.05, 4.69) is 20.1 Å². The second kappa shape index (κ2) is 6.88. The maximum absolute atomic E-state index is 12.1. The van der Waals surface area contributed by atoms with E-state index in [4.69, 9.17) is 4.74 Å². The van der Waals surface area contributed by atoms with Crippen molar-refractivity contribution in [2.24, 2.45) is 0 Å². The van der Waals surface area contributed by atoms with Crippen molar-refractivity contribution in [1.82, 2.24) is 29.0 Å². The standard InChI is InChI=1S/C17H16N6O3S/c1-10-13(11(2)23-16(20-10)18-9-19-23)3-4-15(25)26-8-12-7-14(24)22-5-6-27-17(22)21-12/h5-7,9H,3-4,8H2,1-2H3. The van der Waals surface area contributed by atoms with Gasteiger partial charge < -0.3 is 4.74 Å². The Kier molecular flexibility index (Phi) is 4.40. The molecule has 0 unspecified atom stereocenters. The minimum Gasteiger partial charge on any atom is -0.459 e. The SMILES string of the molecule is Cc1nc2ncnn2c(C)c1CCC(=O)OCc1cc(=O)n2ccsc2n1. The van der Waals surface area contributed by atoms with Crippen LogP contribution in [0, 0.1) is 13.8 Å². The Morgan fingerprint density at radius 1 is 1.30 bits per heavy atom. The number of hydrogen-bond donors (Lipinski definition) is 0. The molecule has 0 radical (unpaired) electrons. The summed E-state index contributed by atoms with van der Waals surface area (Å²) >= 11 is 1.35. The predicted molar refractivity (Wildman–Crippen MR) is 97.7 cm³/mol. The molecule has 4 aromatic rings. The molecule has 4 heterocycles. The quantitative estimate of drug-likeness (QED) is 0.480. The minimum atomic E-state index is -0.360. The number of hydrogen-bond acceptors (Lipinski definition) is 8. The normalized spacial score (nSPS) is 11.3. The van der Waals surface area contributed by atoms with Crippen molar-refractivity contribution < 1.29 is 9.53 Å². The van der Waals surface area contributed by atoms with E-state index in [9.17, 15) is 9.59 Å². The molecule has 0 saturated heterocycles. The lowest BCUT2D eigenvalue weighted by Gasteiger charge is -2.10. The lowest BCUT2D eigenvalue weighted by atomic mass is 10.1. The molecule has 9 nitrogen and oxygen atoms in total. The Bertz CT molecular complexity index is 1210. The number of fused-ring (bicyclic) bond motifs is 2. The van der Waals surface area contributed by atoms with Crippen molar-refractivity contribution in [3.63, 3.8) is 0 Å². The van der Waals surface area contributed by atoms with Crippen LogP contribution in [0.1, 0.15) is 29.1 Å². The molecule has 4 rings (SSSR count). The maximum Gasteiger partial charge on any atom is 0.306 e. The van der Waals surface area contributed by atoms with Gasteiger partial charge in [0.1, 0.15) is 12.9 Å². The average molecular weight is 384 g/mol. The summed E-state index contributed by atoms with van der Waals surface area (Å²) < 4.78 is 8.39. The third-order valence-corrected chi connectivity index (χ3v) is 5.06. The second-order valence-electron chi connectivity index (χ2n) is 6.04. The van der Waals surface area contributed by atoms with Crippen LogP contribution in [0.3, 0.4) is 0 Å².